The van der Waals surface area contributed by atoms with Gasteiger partial charge in [0, 0.05) is 13.1 Å². The molecule has 0 amide bonds. The van der Waals surface area contributed by atoms with Gasteiger partial charge >= 0.3 is 0 Å². The van der Waals surface area contributed by atoms with Crippen molar-refractivity contribution in [3.05, 3.63) is 20.3 Å². The van der Waals surface area contributed by atoms with Crippen LogP contribution in [0.3, 0.4) is 0 Å². The largest absolute Gasteiger partial charge is 0.356 e. The lowest BCUT2D eigenvalue weighted by molar-refractivity contribution is 0.398. The quantitative estimate of drug-likeness (QED) is 0.840. The molecule has 1 heterocycles. The third kappa shape index (κ3) is 1.65. The number of hydrogen-bond donors (Lipinski definition) is 1. The van der Waals surface area contributed by atoms with E-state index in [1.807, 2.05) is 29.6 Å². The Kier molecular flexibility index (Phi) is 2.76. The number of aromatic nitrogens is 2. The molecule has 0 atom stereocenters. The summed E-state index contributed by atoms with van der Waals surface area (Å²) in [6.07, 6.45) is 5.17. The SMILES string of the molecule is CN(c1nc[nH]c(=O)c1I)C1CCC1. The van der Waals surface area contributed by atoms with Crippen molar-refractivity contribution < 1.29 is 0 Å². The van der Waals surface area contributed by atoms with Crippen LogP contribution in [-0.2, 0) is 0 Å². The van der Waals surface area contributed by atoms with Crippen molar-refractivity contribution >= 4 is 28.4 Å². The second-order valence-electron chi connectivity index (χ2n) is 3.56. The van der Waals surface area contributed by atoms with E-state index in [4.69, 9.17) is 0 Å². The zero-order valence-electron chi connectivity index (χ0n) is 7.96. The number of halogens is 1. The standard InChI is InChI=1S/C9H12IN3O/c1-13(6-3-2-4-6)8-7(10)9(14)12-5-11-8/h5-6H,2-4H2,1H3,(H,11,12,14). The summed E-state index contributed by atoms with van der Waals surface area (Å²) in [5, 5.41) is 0. The van der Waals surface area contributed by atoms with Crippen molar-refractivity contribution in [1.82, 2.24) is 9.97 Å². The first-order chi connectivity index (χ1) is 6.70. The fourth-order valence-electron chi connectivity index (χ4n) is 1.57. The normalized spacial score (nSPS) is 16.4. The molecule has 1 aliphatic rings. The molecule has 1 aromatic rings. The Morgan fingerprint density at radius 3 is 2.93 bits per heavy atom. The van der Waals surface area contributed by atoms with Gasteiger partial charge in [0.05, 0.1) is 6.33 Å². The zero-order chi connectivity index (χ0) is 10.1. The van der Waals surface area contributed by atoms with Gasteiger partial charge in [-0.3, -0.25) is 4.79 Å². The van der Waals surface area contributed by atoms with Crippen molar-refractivity contribution in [3.8, 4) is 0 Å². The number of nitrogens with zero attached hydrogens (tertiary/aromatic N) is 2. The van der Waals surface area contributed by atoms with E-state index in [-0.39, 0.29) is 5.56 Å². The predicted octanol–water partition coefficient (Wildman–Crippen LogP) is 1.36. The van der Waals surface area contributed by atoms with Gasteiger partial charge in [-0.25, -0.2) is 4.98 Å². The van der Waals surface area contributed by atoms with Crippen molar-refractivity contribution in [2.24, 2.45) is 0 Å². The molecule has 1 aromatic heterocycles. The average Bonchev–Trinajstić information content (AvgIpc) is 2.06. The van der Waals surface area contributed by atoms with Gasteiger partial charge in [-0.15, -0.1) is 0 Å². The van der Waals surface area contributed by atoms with Gasteiger partial charge in [-0.2, -0.15) is 0 Å². The third-order valence-electron chi connectivity index (χ3n) is 2.73. The van der Waals surface area contributed by atoms with Crippen LogP contribution in [-0.4, -0.2) is 23.1 Å². The van der Waals surface area contributed by atoms with Gasteiger partial charge in [0.25, 0.3) is 5.56 Å². The molecule has 0 aromatic carbocycles. The van der Waals surface area contributed by atoms with Gasteiger partial charge in [0.15, 0.2) is 0 Å². The Hall–Kier alpha value is -0.590. The maximum Gasteiger partial charge on any atom is 0.266 e. The van der Waals surface area contributed by atoms with E-state index in [2.05, 4.69) is 14.9 Å². The number of anilines is 1. The van der Waals surface area contributed by atoms with Gasteiger partial charge in [-0.1, -0.05) is 0 Å². The molecule has 5 heteroatoms. The second kappa shape index (κ2) is 3.88. The van der Waals surface area contributed by atoms with Crippen LogP contribution >= 0.6 is 22.6 Å². The van der Waals surface area contributed by atoms with E-state index in [0.29, 0.717) is 9.61 Å². The Morgan fingerprint density at radius 2 is 2.36 bits per heavy atom. The molecule has 0 unspecified atom stereocenters. The van der Waals surface area contributed by atoms with Gasteiger partial charge in [0.2, 0.25) is 0 Å². The van der Waals surface area contributed by atoms with Gasteiger partial charge in [0.1, 0.15) is 9.39 Å². The van der Waals surface area contributed by atoms with Crippen LogP contribution in [0.2, 0.25) is 0 Å². The molecule has 1 fully saturated rings. The van der Waals surface area contributed by atoms with E-state index >= 15 is 0 Å². The molecule has 0 aliphatic heterocycles. The fraction of sp³-hybridized carbons (Fsp3) is 0.556. The number of rotatable bonds is 2. The molecule has 0 spiro atoms. The lowest BCUT2D eigenvalue weighted by atomic mass is 9.92. The van der Waals surface area contributed by atoms with E-state index in [1.165, 1.54) is 25.6 Å². The summed E-state index contributed by atoms with van der Waals surface area (Å²) in [7, 11) is 2.01. The summed E-state index contributed by atoms with van der Waals surface area (Å²) < 4.78 is 0.680. The van der Waals surface area contributed by atoms with Crippen LogP contribution in [0.4, 0.5) is 5.82 Å². The van der Waals surface area contributed by atoms with Crippen LogP contribution in [0.5, 0.6) is 0 Å². The summed E-state index contributed by atoms with van der Waals surface area (Å²) in [4.78, 5) is 20.2. The van der Waals surface area contributed by atoms with Crippen LogP contribution < -0.4 is 10.5 Å². The zero-order valence-corrected chi connectivity index (χ0v) is 10.1. The molecule has 0 bridgehead atoms. The summed E-state index contributed by atoms with van der Waals surface area (Å²) in [5.74, 6) is 0.805. The smallest absolute Gasteiger partial charge is 0.266 e. The molecular formula is C9H12IN3O. The van der Waals surface area contributed by atoms with Gasteiger partial charge < -0.3 is 9.88 Å². The highest BCUT2D eigenvalue weighted by Crippen LogP contribution is 2.28. The minimum Gasteiger partial charge on any atom is -0.356 e. The molecular weight excluding hydrogens is 293 g/mol. The summed E-state index contributed by atoms with van der Waals surface area (Å²) in [6.45, 7) is 0. The summed E-state index contributed by atoms with van der Waals surface area (Å²) >= 11 is 2.05. The van der Waals surface area contributed by atoms with Crippen molar-refractivity contribution in [1.29, 1.82) is 0 Å². The van der Waals surface area contributed by atoms with Crippen LogP contribution in [0, 0.1) is 3.57 Å². The minimum atomic E-state index is -0.0539. The van der Waals surface area contributed by atoms with Crippen LogP contribution in [0.15, 0.2) is 11.1 Å². The molecule has 1 N–H and O–H groups in total. The van der Waals surface area contributed by atoms with Crippen molar-refractivity contribution in [2.45, 2.75) is 25.3 Å². The van der Waals surface area contributed by atoms with E-state index in [0.717, 1.165) is 5.82 Å². The molecule has 0 radical (unpaired) electrons. The average molecular weight is 305 g/mol. The molecule has 4 nitrogen and oxygen atoms in total. The second-order valence-corrected chi connectivity index (χ2v) is 4.64. The Morgan fingerprint density at radius 1 is 1.64 bits per heavy atom. The number of nitrogens with one attached hydrogen (secondary N) is 1. The van der Waals surface area contributed by atoms with E-state index in [9.17, 15) is 4.79 Å². The van der Waals surface area contributed by atoms with Crippen molar-refractivity contribution in [3.63, 3.8) is 0 Å². The first-order valence-electron chi connectivity index (χ1n) is 4.66. The Bertz CT molecular complexity index is 386. The lowest BCUT2D eigenvalue weighted by Crippen LogP contribution is -2.39. The first-order valence-corrected chi connectivity index (χ1v) is 5.74. The molecule has 1 saturated carbocycles. The fourth-order valence-corrected chi connectivity index (χ4v) is 2.24. The first kappa shape index (κ1) is 9.95. The maximum absolute atomic E-state index is 11.3. The topological polar surface area (TPSA) is 49.0 Å². The summed E-state index contributed by atoms with van der Waals surface area (Å²) in [5.41, 5.74) is -0.0539. The third-order valence-corrected chi connectivity index (χ3v) is 3.71. The molecule has 14 heavy (non-hydrogen) atoms. The van der Waals surface area contributed by atoms with Crippen molar-refractivity contribution in [2.75, 3.05) is 11.9 Å². The number of H-pyrrole nitrogens is 1. The highest BCUT2D eigenvalue weighted by molar-refractivity contribution is 14.1. The van der Waals surface area contributed by atoms with E-state index < -0.39 is 0 Å². The minimum absolute atomic E-state index is 0.0539. The maximum atomic E-state index is 11.3. The molecule has 76 valence electrons. The van der Waals surface area contributed by atoms with E-state index in [1.54, 1.807) is 0 Å². The lowest BCUT2D eigenvalue weighted by Gasteiger charge is -2.35. The van der Waals surface area contributed by atoms with Crippen LogP contribution in [0.1, 0.15) is 19.3 Å². The Labute approximate surface area is 95.9 Å². The molecule has 1 aliphatic carbocycles. The van der Waals surface area contributed by atoms with Gasteiger partial charge in [-0.05, 0) is 41.9 Å². The highest BCUT2D eigenvalue weighted by atomic mass is 127. The summed E-state index contributed by atoms with van der Waals surface area (Å²) in [6, 6.07) is 0.567. The molecule has 2 rings (SSSR count). The molecule has 0 saturated heterocycles. The monoisotopic (exact) mass is 305 g/mol. The number of aromatic amines is 1. The predicted molar refractivity (Wildman–Crippen MR) is 63.6 cm³/mol. The highest BCUT2D eigenvalue weighted by Gasteiger charge is 2.24. The number of hydrogen-bond acceptors (Lipinski definition) is 3. The van der Waals surface area contributed by atoms with Crippen LogP contribution in [0.25, 0.3) is 0 Å². The Balaban J connectivity index is 2.30.